The van der Waals surface area contributed by atoms with Gasteiger partial charge in [-0.3, -0.25) is 0 Å². The summed E-state index contributed by atoms with van der Waals surface area (Å²) in [7, 11) is 0. The summed E-state index contributed by atoms with van der Waals surface area (Å²) in [5, 5.41) is 4.55. The zero-order valence-corrected chi connectivity index (χ0v) is 14.2. The van der Waals surface area contributed by atoms with Gasteiger partial charge in [-0.2, -0.15) is 4.98 Å². The molecule has 0 saturated carbocycles. The van der Waals surface area contributed by atoms with Gasteiger partial charge >= 0.3 is 5.97 Å². The maximum absolute atomic E-state index is 12.1. The number of hydrogen-bond donors (Lipinski definition) is 0. The van der Waals surface area contributed by atoms with E-state index in [-0.39, 0.29) is 12.5 Å². The molecule has 0 atom stereocenters. The van der Waals surface area contributed by atoms with Crippen LogP contribution in [0.25, 0.3) is 20.1 Å². The maximum atomic E-state index is 12.1. The number of esters is 1. The largest absolute Gasteiger partial charge is 0.451 e. The number of carbonyl (C=O) groups excluding carboxylic acids is 1. The molecule has 0 radical (unpaired) electrons. The summed E-state index contributed by atoms with van der Waals surface area (Å²) < 4.78 is 11.2. The molecule has 0 aliphatic carbocycles. The second-order valence-corrected chi connectivity index (χ2v) is 7.08. The minimum absolute atomic E-state index is 0.0337. The molecule has 8 heteroatoms. The molecule has 4 aromatic rings. The van der Waals surface area contributed by atoms with Crippen LogP contribution in [0.5, 0.6) is 0 Å². The maximum Gasteiger partial charge on any atom is 0.348 e. The third kappa shape index (κ3) is 2.93. The molecule has 6 nitrogen and oxygen atoms in total. The second-order valence-electron chi connectivity index (χ2n) is 4.96. The van der Waals surface area contributed by atoms with Crippen LogP contribution >= 0.6 is 22.7 Å². The first-order valence-corrected chi connectivity index (χ1v) is 8.74. The SMILES string of the molecule is Cc1noc(COC(=O)c2ccc(-c3nc4ccccc4s3)s2)n1. The van der Waals surface area contributed by atoms with Gasteiger partial charge in [0.1, 0.15) is 9.88 Å². The third-order valence-electron chi connectivity index (χ3n) is 3.21. The predicted molar refractivity (Wildman–Crippen MR) is 91.1 cm³/mol. The molecule has 0 saturated heterocycles. The van der Waals surface area contributed by atoms with Crippen molar-refractivity contribution in [3.8, 4) is 9.88 Å². The summed E-state index contributed by atoms with van der Waals surface area (Å²) in [6, 6.07) is 11.6. The molecular weight excluding hydrogens is 346 g/mol. The van der Waals surface area contributed by atoms with Crippen molar-refractivity contribution in [2.75, 3.05) is 0 Å². The number of rotatable bonds is 4. The highest BCUT2D eigenvalue weighted by Crippen LogP contribution is 2.34. The highest BCUT2D eigenvalue weighted by atomic mass is 32.1. The number of nitrogens with zero attached hydrogens (tertiary/aromatic N) is 3. The van der Waals surface area contributed by atoms with Crippen molar-refractivity contribution in [1.29, 1.82) is 0 Å². The molecule has 4 rings (SSSR count). The number of aromatic nitrogens is 3. The van der Waals surface area contributed by atoms with Gasteiger partial charge in [0, 0.05) is 0 Å². The number of thiazole rings is 1. The van der Waals surface area contributed by atoms with Crippen LogP contribution in [0.1, 0.15) is 21.4 Å². The van der Waals surface area contributed by atoms with Gasteiger partial charge in [-0.05, 0) is 31.2 Å². The fourth-order valence-electron chi connectivity index (χ4n) is 2.14. The summed E-state index contributed by atoms with van der Waals surface area (Å²) in [6.07, 6.45) is 0. The number of fused-ring (bicyclic) bond motifs is 1. The molecule has 120 valence electrons. The highest BCUT2D eigenvalue weighted by Gasteiger charge is 2.15. The first-order valence-electron chi connectivity index (χ1n) is 7.11. The monoisotopic (exact) mass is 357 g/mol. The fourth-order valence-corrected chi connectivity index (χ4v) is 4.06. The van der Waals surface area contributed by atoms with E-state index in [1.54, 1.807) is 24.3 Å². The molecule has 24 heavy (non-hydrogen) atoms. The summed E-state index contributed by atoms with van der Waals surface area (Å²) in [5.41, 5.74) is 0.960. The molecule has 0 N–H and O–H groups in total. The molecule has 0 spiro atoms. The average Bonchev–Trinajstić information content (AvgIpc) is 3.31. The van der Waals surface area contributed by atoms with Crippen LogP contribution in [-0.2, 0) is 11.3 Å². The Bertz CT molecular complexity index is 985. The van der Waals surface area contributed by atoms with Gasteiger partial charge in [0.2, 0.25) is 0 Å². The third-order valence-corrected chi connectivity index (χ3v) is 5.48. The molecule has 0 amide bonds. The van der Waals surface area contributed by atoms with Crippen molar-refractivity contribution in [1.82, 2.24) is 15.1 Å². The van der Waals surface area contributed by atoms with Crippen molar-refractivity contribution < 1.29 is 14.1 Å². The van der Waals surface area contributed by atoms with Crippen molar-refractivity contribution in [2.24, 2.45) is 0 Å². The smallest absolute Gasteiger partial charge is 0.348 e. The lowest BCUT2D eigenvalue weighted by Gasteiger charge is -1.98. The van der Waals surface area contributed by atoms with E-state index in [0.29, 0.717) is 10.7 Å². The van der Waals surface area contributed by atoms with Crippen molar-refractivity contribution in [2.45, 2.75) is 13.5 Å². The molecule has 0 bridgehead atoms. The second kappa shape index (κ2) is 6.14. The Kier molecular flexibility index (Phi) is 3.83. The van der Waals surface area contributed by atoms with Crippen LogP contribution in [0.2, 0.25) is 0 Å². The van der Waals surface area contributed by atoms with Crippen molar-refractivity contribution in [3.63, 3.8) is 0 Å². The Hall–Kier alpha value is -2.58. The average molecular weight is 357 g/mol. The number of ether oxygens (including phenoxy) is 1. The fraction of sp³-hybridized carbons (Fsp3) is 0.125. The van der Waals surface area contributed by atoms with Crippen molar-refractivity contribution >= 4 is 38.9 Å². The van der Waals surface area contributed by atoms with E-state index in [2.05, 4.69) is 15.1 Å². The molecule has 3 heterocycles. The van der Waals surface area contributed by atoms with Crippen LogP contribution < -0.4 is 0 Å². The Morgan fingerprint density at radius 3 is 2.83 bits per heavy atom. The number of carbonyl (C=O) groups is 1. The van der Waals surface area contributed by atoms with Gasteiger partial charge in [-0.1, -0.05) is 17.3 Å². The normalized spacial score (nSPS) is 11.0. The van der Waals surface area contributed by atoms with E-state index < -0.39 is 5.97 Å². The molecule has 0 aliphatic heterocycles. The predicted octanol–water partition coefficient (Wildman–Crippen LogP) is 4.07. The lowest BCUT2D eigenvalue weighted by atomic mass is 10.3. The van der Waals surface area contributed by atoms with Gasteiger partial charge in [-0.25, -0.2) is 9.78 Å². The van der Waals surface area contributed by atoms with Crippen LogP contribution in [0.15, 0.2) is 40.9 Å². The molecule has 1 aromatic carbocycles. The summed E-state index contributed by atoms with van der Waals surface area (Å²) in [5.74, 6) is 0.377. The van der Waals surface area contributed by atoms with Crippen LogP contribution in [0.4, 0.5) is 0 Å². The quantitative estimate of drug-likeness (QED) is 0.512. The van der Waals surface area contributed by atoms with Gasteiger partial charge in [-0.15, -0.1) is 22.7 Å². The van der Waals surface area contributed by atoms with E-state index >= 15 is 0 Å². The standard InChI is InChI=1S/C16H11N3O3S2/c1-9-17-14(22-19-9)8-21-16(20)13-7-6-12(23-13)15-18-10-4-2-3-5-11(10)24-15/h2-7H,8H2,1H3. The summed E-state index contributed by atoms with van der Waals surface area (Å²) >= 11 is 2.96. The van der Waals surface area contributed by atoms with Crippen LogP contribution in [0.3, 0.4) is 0 Å². The Labute approximate surface area is 144 Å². The van der Waals surface area contributed by atoms with Gasteiger partial charge in [0.15, 0.2) is 12.4 Å². The number of para-hydroxylation sites is 1. The first kappa shape index (κ1) is 15.0. The topological polar surface area (TPSA) is 78.1 Å². The Morgan fingerprint density at radius 1 is 1.17 bits per heavy atom. The van der Waals surface area contributed by atoms with E-state index in [9.17, 15) is 4.79 Å². The number of thiophene rings is 1. The van der Waals surface area contributed by atoms with E-state index in [4.69, 9.17) is 9.26 Å². The highest BCUT2D eigenvalue weighted by molar-refractivity contribution is 7.26. The van der Waals surface area contributed by atoms with Crippen LogP contribution in [-0.4, -0.2) is 21.1 Å². The van der Waals surface area contributed by atoms with E-state index in [1.165, 1.54) is 11.3 Å². The summed E-state index contributed by atoms with van der Waals surface area (Å²) in [6.45, 7) is 1.67. The van der Waals surface area contributed by atoms with Gasteiger partial charge in [0.25, 0.3) is 5.89 Å². The molecule has 0 aliphatic rings. The number of hydrogen-bond acceptors (Lipinski definition) is 8. The first-order chi connectivity index (χ1) is 11.7. The zero-order valence-electron chi connectivity index (χ0n) is 12.6. The lowest BCUT2D eigenvalue weighted by molar-refractivity contribution is 0.0435. The lowest BCUT2D eigenvalue weighted by Crippen LogP contribution is -2.03. The number of aryl methyl sites for hydroxylation is 1. The molecule has 3 aromatic heterocycles. The van der Waals surface area contributed by atoms with Gasteiger partial charge in [0.05, 0.1) is 15.1 Å². The molecule has 0 unspecified atom stereocenters. The minimum atomic E-state index is -0.414. The molecule has 0 fully saturated rings. The van der Waals surface area contributed by atoms with E-state index in [0.717, 1.165) is 20.1 Å². The van der Waals surface area contributed by atoms with Crippen LogP contribution in [0, 0.1) is 6.92 Å². The molecular formula is C16H11N3O3S2. The Morgan fingerprint density at radius 2 is 2.04 bits per heavy atom. The number of benzene rings is 1. The Balaban J connectivity index is 1.50. The van der Waals surface area contributed by atoms with E-state index in [1.807, 2.05) is 30.3 Å². The van der Waals surface area contributed by atoms with Gasteiger partial charge < -0.3 is 9.26 Å². The van der Waals surface area contributed by atoms with Crippen molar-refractivity contribution in [3.05, 3.63) is 53.0 Å². The minimum Gasteiger partial charge on any atom is -0.451 e. The zero-order chi connectivity index (χ0) is 16.5. The summed E-state index contributed by atoms with van der Waals surface area (Å²) in [4.78, 5) is 22.2.